The maximum atomic E-state index is 13.0. The number of hydrogen-bond acceptors (Lipinski definition) is 15. The first kappa shape index (κ1) is 31.9. The Labute approximate surface area is 250 Å². The minimum Gasteiger partial charge on any atom is -0.504 e. The van der Waals surface area contributed by atoms with Crippen LogP contribution in [0.1, 0.15) is 24.2 Å². The number of fused-ring (bicyclic) bond motifs is 1. The molecule has 3 aliphatic rings. The second-order valence-corrected chi connectivity index (χ2v) is 10.7. The van der Waals surface area contributed by atoms with Gasteiger partial charge in [-0.2, -0.15) is 0 Å². The van der Waals surface area contributed by atoms with Gasteiger partial charge in [-0.3, -0.25) is 0 Å². The standard InChI is InChI=1S/C29H34O15/c1-12-22(36)23(37)24(38)28(40-12)44-26-25(43-21(35)7-3-13-2-5-15(31)17(33)8-13)19(10-30)42-29-27(26)41-20(11-39-29)14-4-6-16(32)18(34)9-14/h2-9,12,19-20,22-34,36-38H,10-11H2,1H3/b7-3+/t12-,19+,20-,22-,23+,24+,25+,26-,27+,28-,29+/m0/s1. The number of aliphatic hydroxyl groups is 4. The Morgan fingerprint density at radius 1 is 0.886 bits per heavy atom. The number of phenols is 4. The molecule has 2 aromatic carbocycles. The van der Waals surface area contributed by atoms with Crippen molar-refractivity contribution in [2.45, 2.75) is 74.4 Å². The number of ether oxygens (including phenoxy) is 6. The predicted molar refractivity (Wildman–Crippen MR) is 145 cm³/mol. The number of aromatic hydroxyl groups is 4. The van der Waals surface area contributed by atoms with Gasteiger partial charge >= 0.3 is 5.97 Å². The molecule has 0 unspecified atom stereocenters. The van der Waals surface area contributed by atoms with Crippen LogP contribution in [0, 0.1) is 0 Å². The number of esters is 1. The molecule has 11 atom stereocenters. The average Bonchev–Trinajstić information content (AvgIpc) is 3.01. The number of rotatable bonds is 7. The van der Waals surface area contributed by atoms with Crippen molar-refractivity contribution in [1.82, 2.24) is 0 Å². The van der Waals surface area contributed by atoms with E-state index >= 15 is 0 Å². The van der Waals surface area contributed by atoms with Crippen LogP contribution < -0.4 is 0 Å². The third kappa shape index (κ3) is 6.61. The molecule has 3 aliphatic heterocycles. The third-order valence-corrected chi connectivity index (χ3v) is 7.64. The van der Waals surface area contributed by atoms with Gasteiger partial charge in [0.25, 0.3) is 0 Å². The number of phenolic OH excluding ortho intramolecular Hbond substituents is 4. The lowest BCUT2D eigenvalue weighted by molar-refractivity contribution is -0.384. The van der Waals surface area contributed by atoms with Gasteiger partial charge in [-0.1, -0.05) is 12.1 Å². The van der Waals surface area contributed by atoms with Gasteiger partial charge in [0.2, 0.25) is 0 Å². The molecule has 3 saturated heterocycles. The van der Waals surface area contributed by atoms with Crippen LogP contribution in [0.4, 0.5) is 0 Å². The first-order chi connectivity index (χ1) is 21.0. The molecule has 3 fully saturated rings. The summed E-state index contributed by atoms with van der Waals surface area (Å²) in [5.74, 6) is -2.43. The fraction of sp³-hybridized carbons (Fsp3) is 0.483. The average molecular weight is 623 g/mol. The van der Waals surface area contributed by atoms with E-state index in [9.17, 15) is 45.6 Å². The summed E-state index contributed by atoms with van der Waals surface area (Å²) in [6.45, 7) is 0.713. The van der Waals surface area contributed by atoms with Crippen molar-refractivity contribution in [2.75, 3.05) is 13.2 Å². The molecule has 5 rings (SSSR count). The molecule has 0 aromatic heterocycles. The molecule has 0 saturated carbocycles. The molecule has 15 nitrogen and oxygen atoms in total. The normalized spacial score (nSPS) is 35.7. The minimum atomic E-state index is -1.73. The molecular formula is C29H34O15. The first-order valence-electron chi connectivity index (χ1n) is 13.8. The number of aliphatic hydroxyl groups excluding tert-OH is 4. The van der Waals surface area contributed by atoms with Crippen LogP contribution >= 0.6 is 0 Å². The first-order valence-corrected chi connectivity index (χ1v) is 13.8. The van der Waals surface area contributed by atoms with Gasteiger partial charge in [0, 0.05) is 6.08 Å². The quantitative estimate of drug-likeness (QED) is 0.111. The van der Waals surface area contributed by atoms with E-state index in [1.165, 1.54) is 49.4 Å². The van der Waals surface area contributed by atoms with Crippen molar-refractivity contribution in [3.8, 4) is 23.0 Å². The van der Waals surface area contributed by atoms with Crippen LogP contribution in [0.25, 0.3) is 6.08 Å². The molecular weight excluding hydrogens is 588 g/mol. The molecule has 8 N–H and O–H groups in total. The second kappa shape index (κ2) is 13.2. The number of hydrogen-bond donors (Lipinski definition) is 8. The second-order valence-electron chi connectivity index (χ2n) is 10.7. The van der Waals surface area contributed by atoms with E-state index in [2.05, 4.69) is 0 Å². The van der Waals surface area contributed by atoms with Crippen LogP contribution in [0.5, 0.6) is 23.0 Å². The van der Waals surface area contributed by atoms with Gasteiger partial charge in [-0.25, -0.2) is 4.79 Å². The summed E-state index contributed by atoms with van der Waals surface area (Å²) >= 11 is 0. The van der Waals surface area contributed by atoms with Gasteiger partial charge in [0.05, 0.1) is 19.3 Å². The fourth-order valence-electron chi connectivity index (χ4n) is 5.19. The maximum Gasteiger partial charge on any atom is 0.331 e. The number of carbonyl (C=O) groups excluding carboxylic acids is 1. The molecule has 0 radical (unpaired) electrons. The summed E-state index contributed by atoms with van der Waals surface area (Å²) in [7, 11) is 0. The van der Waals surface area contributed by atoms with Crippen molar-refractivity contribution in [2.24, 2.45) is 0 Å². The molecule has 0 amide bonds. The minimum absolute atomic E-state index is 0.0760. The zero-order valence-electron chi connectivity index (χ0n) is 23.3. The lowest BCUT2D eigenvalue weighted by atomic mass is 9.95. The Kier molecular flexibility index (Phi) is 9.59. The van der Waals surface area contributed by atoms with Crippen molar-refractivity contribution in [3.63, 3.8) is 0 Å². The van der Waals surface area contributed by atoms with E-state index in [0.29, 0.717) is 11.1 Å². The van der Waals surface area contributed by atoms with Crippen molar-refractivity contribution >= 4 is 12.0 Å². The number of benzene rings is 2. The molecule has 15 heteroatoms. The van der Waals surface area contributed by atoms with Crippen LogP contribution in [0.3, 0.4) is 0 Å². The van der Waals surface area contributed by atoms with Gasteiger partial charge in [0.15, 0.2) is 41.7 Å². The smallest absolute Gasteiger partial charge is 0.331 e. The fourth-order valence-corrected chi connectivity index (χ4v) is 5.19. The lowest BCUT2D eigenvalue weighted by Crippen LogP contribution is -2.66. The van der Waals surface area contributed by atoms with E-state index in [4.69, 9.17) is 28.4 Å². The molecule has 240 valence electrons. The zero-order valence-corrected chi connectivity index (χ0v) is 23.3. The highest BCUT2D eigenvalue weighted by Gasteiger charge is 2.55. The molecule has 44 heavy (non-hydrogen) atoms. The topological polar surface area (TPSA) is 234 Å². The van der Waals surface area contributed by atoms with E-state index in [1.807, 2.05) is 0 Å². The highest BCUT2D eigenvalue weighted by molar-refractivity contribution is 5.87. The molecule has 2 aromatic rings. The largest absolute Gasteiger partial charge is 0.504 e. The van der Waals surface area contributed by atoms with Crippen molar-refractivity contribution in [3.05, 3.63) is 53.6 Å². The Morgan fingerprint density at radius 3 is 2.27 bits per heavy atom. The lowest BCUT2D eigenvalue weighted by Gasteiger charge is -2.50. The summed E-state index contributed by atoms with van der Waals surface area (Å²) in [4.78, 5) is 13.0. The van der Waals surface area contributed by atoms with E-state index in [1.54, 1.807) is 0 Å². The summed E-state index contributed by atoms with van der Waals surface area (Å²) in [5, 5.41) is 80.3. The van der Waals surface area contributed by atoms with Crippen molar-refractivity contribution < 1.29 is 74.1 Å². The molecule has 0 spiro atoms. The SMILES string of the molecule is C[C@@H]1O[C@@H](O[C@@H]2[C@H]3O[C@H](c4ccc(O)c(O)c4)CO[C@@H]3O[C@H](CO)[C@H]2OC(=O)/C=C/c2ccc(O)c(O)c2)[C@H](O)[C@H](O)[C@H]1O. The van der Waals surface area contributed by atoms with E-state index in [0.717, 1.165) is 6.08 Å². The summed E-state index contributed by atoms with van der Waals surface area (Å²) in [6, 6.07) is 7.92. The van der Waals surface area contributed by atoms with E-state index in [-0.39, 0.29) is 18.1 Å². The molecule has 0 bridgehead atoms. The molecule has 3 heterocycles. The van der Waals surface area contributed by atoms with Gasteiger partial charge in [-0.15, -0.1) is 0 Å². The maximum absolute atomic E-state index is 13.0. The van der Waals surface area contributed by atoms with Crippen LogP contribution in [0.15, 0.2) is 42.5 Å². The Bertz CT molecular complexity index is 1350. The van der Waals surface area contributed by atoms with Crippen molar-refractivity contribution in [1.29, 1.82) is 0 Å². The van der Waals surface area contributed by atoms with Gasteiger partial charge in [0.1, 0.15) is 42.7 Å². The van der Waals surface area contributed by atoms with E-state index < -0.39 is 91.6 Å². The summed E-state index contributed by atoms with van der Waals surface area (Å²) in [6.07, 6.45) is -12.2. The summed E-state index contributed by atoms with van der Waals surface area (Å²) < 4.78 is 35.3. The number of carbonyl (C=O) groups is 1. The Hall–Kier alpha value is -3.51. The Balaban J connectivity index is 1.43. The zero-order chi connectivity index (χ0) is 31.7. The van der Waals surface area contributed by atoms with Crippen LogP contribution in [0.2, 0.25) is 0 Å². The highest BCUT2D eigenvalue weighted by Crippen LogP contribution is 2.39. The monoisotopic (exact) mass is 622 g/mol. The van der Waals surface area contributed by atoms with Crippen LogP contribution in [-0.4, -0.2) is 121 Å². The highest BCUT2D eigenvalue weighted by atomic mass is 16.8. The third-order valence-electron chi connectivity index (χ3n) is 7.64. The molecule has 0 aliphatic carbocycles. The Morgan fingerprint density at radius 2 is 1.59 bits per heavy atom. The van der Waals surface area contributed by atoms with Gasteiger partial charge in [-0.05, 0) is 48.4 Å². The van der Waals surface area contributed by atoms with Crippen LogP contribution in [-0.2, 0) is 33.2 Å². The van der Waals surface area contributed by atoms with Gasteiger partial charge < -0.3 is 69.3 Å². The predicted octanol–water partition coefficient (Wildman–Crippen LogP) is -0.479. The summed E-state index contributed by atoms with van der Waals surface area (Å²) in [5.41, 5.74) is 0.768.